The van der Waals surface area contributed by atoms with E-state index in [4.69, 9.17) is 16.0 Å². The van der Waals surface area contributed by atoms with Crippen LogP contribution in [0.1, 0.15) is 50.8 Å². The first-order valence-electron chi connectivity index (χ1n) is 9.01. The van der Waals surface area contributed by atoms with Gasteiger partial charge in [-0.05, 0) is 60.7 Å². The van der Waals surface area contributed by atoms with Crippen molar-refractivity contribution in [2.75, 3.05) is 10.6 Å². The van der Waals surface area contributed by atoms with Crippen LogP contribution in [0.3, 0.4) is 0 Å². The molecule has 2 N–H and O–H groups in total. The second-order valence-electron chi connectivity index (χ2n) is 6.28. The molecule has 2 amide bonds. The van der Waals surface area contributed by atoms with Crippen molar-refractivity contribution >= 4 is 45.4 Å². The summed E-state index contributed by atoms with van der Waals surface area (Å²) in [5.41, 5.74) is 3.52. The number of benzene rings is 1. The normalized spacial score (nSPS) is 10.7. The SMILES string of the molecule is CCc1ccc(Cl)c(CC)c1NC(=O)c1sc(NC(=O)c2ccco2)cc1C. The molecule has 0 bridgehead atoms. The summed E-state index contributed by atoms with van der Waals surface area (Å²) in [5, 5.41) is 7.02. The number of hydrogen-bond donors (Lipinski definition) is 2. The fourth-order valence-electron chi connectivity index (χ4n) is 2.99. The third-order valence-corrected chi connectivity index (χ3v) is 5.93. The standard InChI is InChI=1S/C21H21ClN2O3S/c1-4-13-8-9-15(22)14(5-2)18(13)24-21(26)19-12(3)11-17(28-19)23-20(25)16-7-6-10-27-16/h6-11H,4-5H2,1-3H3,(H,23,25)(H,24,26). The number of thiophene rings is 1. The van der Waals surface area contributed by atoms with Gasteiger partial charge in [-0.2, -0.15) is 0 Å². The Kier molecular flexibility index (Phi) is 6.21. The monoisotopic (exact) mass is 416 g/mol. The van der Waals surface area contributed by atoms with E-state index in [9.17, 15) is 9.59 Å². The van der Waals surface area contributed by atoms with Crippen LogP contribution in [0.5, 0.6) is 0 Å². The van der Waals surface area contributed by atoms with Crippen molar-refractivity contribution in [2.24, 2.45) is 0 Å². The lowest BCUT2D eigenvalue weighted by Gasteiger charge is -2.15. The Morgan fingerprint density at radius 1 is 1.11 bits per heavy atom. The number of anilines is 2. The molecule has 0 saturated carbocycles. The van der Waals surface area contributed by atoms with Crippen molar-refractivity contribution in [3.63, 3.8) is 0 Å². The van der Waals surface area contributed by atoms with Crippen LogP contribution in [0.25, 0.3) is 0 Å². The molecule has 2 aromatic heterocycles. The molecule has 7 heteroatoms. The van der Waals surface area contributed by atoms with Gasteiger partial charge >= 0.3 is 0 Å². The molecule has 3 aromatic rings. The highest BCUT2D eigenvalue weighted by molar-refractivity contribution is 7.18. The molecule has 2 heterocycles. The molecule has 146 valence electrons. The molecule has 0 unspecified atom stereocenters. The van der Waals surface area contributed by atoms with E-state index in [1.807, 2.05) is 32.9 Å². The lowest BCUT2D eigenvalue weighted by Crippen LogP contribution is -2.14. The van der Waals surface area contributed by atoms with Crippen LogP contribution in [0.15, 0.2) is 41.0 Å². The Balaban J connectivity index is 1.83. The van der Waals surface area contributed by atoms with E-state index in [1.54, 1.807) is 18.2 Å². The van der Waals surface area contributed by atoms with Gasteiger partial charge in [-0.15, -0.1) is 11.3 Å². The molecule has 0 saturated heterocycles. The molecule has 0 spiro atoms. The summed E-state index contributed by atoms with van der Waals surface area (Å²) in [4.78, 5) is 25.6. The van der Waals surface area contributed by atoms with Crippen molar-refractivity contribution in [3.05, 3.63) is 68.9 Å². The number of aryl methyl sites for hydroxylation is 2. The molecule has 0 aliphatic rings. The zero-order valence-electron chi connectivity index (χ0n) is 15.9. The maximum Gasteiger partial charge on any atom is 0.291 e. The van der Waals surface area contributed by atoms with Gasteiger partial charge < -0.3 is 15.1 Å². The topological polar surface area (TPSA) is 71.3 Å². The number of carbonyl (C=O) groups excluding carboxylic acids is 2. The second kappa shape index (κ2) is 8.63. The first kappa shape index (κ1) is 20.2. The van der Waals surface area contributed by atoms with Gasteiger partial charge in [-0.3, -0.25) is 9.59 Å². The van der Waals surface area contributed by atoms with Crippen LogP contribution < -0.4 is 10.6 Å². The molecular formula is C21H21ClN2O3S. The molecule has 1 aromatic carbocycles. The summed E-state index contributed by atoms with van der Waals surface area (Å²) in [6.45, 7) is 5.89. The average molecular weight is 417 g/mol. The summed E-state index contributed by atoms with van der Waals surface area (Å²) < 4.78 is 5.09. The van der Waals surface area contributed by atoms with Crippen molar-refractivity contribution in [3.8, 4) is 0 Å². The summed E-state index contributed by atoms with van der Waals surface area (Å²) >= 11 is 7.55. The van der Waals surface area contributed by atoms with Gasteiger partial charge in [0.1, 0.15) is 0 Å². The second-order valence-corrected chi connectivity index (χ2v) is 7.73. The zero-order valence-corrected chi connectivity index (χ0v) is 17.5. The van der Waals surface area contributed by atoms with Gasteiger partial charge in [0.2, 0.25) is 0 Å². The van der Waals surface area contributed by atoms with E-state index in [1.165, 1.54) is 17.6 Å². The average Bonchev–Trinajstić information content (AvgIpc) is 3.32. The minimum absolute atomic E-state index is 0.215. The summed E-state index contributed by atoms with van der Waals surface area (Å²) in [6.07, 6.45) is 2.94. The molecule has 0 atom stereocenters. The number of hydrogen-bond acceptors (Lipinski definition) is 4. The fourth-order valence-corrected chi connectivity index (χ4v) is 4.24. The molecule has 0 radical (unpaired) electrons. The highest BCUT2D eigenvalue weighted by atomic mass is 35.5. The summed E-state index contributed by atoms with van der Waals surface area (Å²) in [5.74, 6) is -0.349. The van der Waals surface area contributed by atoms with Crippen LogP contribution >= 0.6 is 22.9 Å². The van der Waals surface area contributed by atoms with Crippen molar-refractivity contribution in [1.82, 2.24) is 0 Å². The third kappa shape index (κ3) is 4.13. The van der Waals surface area contributed by atoms with Gasteiger partial charge in [0.15, 0.2) is 5.76 Å². The highest BCUT2D eigenvalue weighted by Gasteiger charge is 2.19. The van der Waals surface area contributed by atoms with Gasteiger partial charge in [0.05, 0.1) is 16.1 Å². The Bertz CT molecular complexity index is 1010. The summed E-state index contributed by atoms with van der Waals surface area (Å²) in [7, 11) is 0. The number of amides is 2. The number of halogens is 1. The van der Waals surface area contributed by atoms with E-state index in [0.717, 1.165) is 35.2 Å². The Hall–Kier alpha value is -2.57. The lowest BCUT2D eigenvalue weighted by molar-refractivity contribution is 0.0995. The maximum absolute atomic E-state index is 12.9. The first-order valence-corrected chi connectivity index (χ1v) is 10.2. The van der Waals surface area contributed by atoms with Gasteiger partial charge in [-0.1, -0.05) is 31.5 Å². The van der Waals surface area contributed by atoms with Crippen LogP contribution in [-0.2, 0) is 12.8 Å². The zero-order chi connectivity index (χ0) is 20.3. The fraction of sp³-hybridized carbons (Fsp3) is 0.238. The van der Waals surface area contributed by atoms with Crippen molar-refractivity contribution < 1.29 is 14.0 Å². The van der Waals surface area contributed by atoms with E-state index >= 15 is 0 Å². The molecule has 5 nitrogen and oxygen atoms in total. The molecule has 3 rings (SSSR count). The van der Waals surface area contributed by atoms with Crippen molar-refractivity contribution in [1.29, 1.82) is 0 Å². The van der Waals surface area contributed by atoms with Gasteiger partial charge in [0.25, 0.3) is 11.8 Å². The highest BCUT2D eigenvalue weighted by Crippen LogP contribution is 2.32. The van der Waals surface area contributed by atoms with Crippen LogP contribution in [0.4, 0.5) is 10.7 Å². The number of furan rings is 1. The molecule has 0 fully saturated rings. The maximum atomic E-state index is 12.9. The Morgan fingerprint density at radius 2 is 1.89 bits per heavy atom. The van der Waals surface area contributed by atoms with Crippen LogP contribution in [0, 0.1) is 6.92 Å². The van der Waals surface area contributed by atoms with Crippen LogP contribution in [-0.4, -0.2) is 11.8 Å². The van der Waals surface area contributed by atoms with Gasteiger partial charge in [-0.25, -0.2) is 0 Å². The van der Waals surface area contributed by atoms with Crippen molar-refractivity contribution in [2.45, 2.75) is 33.6 Å². The smallest absolute Gasteiger partial charge is 0.291 e. The molecule has 0 aliphatic carbocycles. The Labute approximate surface area is 172 Å². The number of nitrogens with one attached hydrogen (secondary N) is 2. The number of carbonyl (C=O) groups is 2. The van der Waals surface area contributed by atoms with E-state index in [0.29, 0.717) is 14.9 Å². The van der Waals surface area contributed by atoms with E-state index in [-0.39, 0.29) is 17.6 Å². The summed E-state index contributed by atoms with van der Waals surface area (Å²) in [6, 6.07) is 8.82. The van der Waals surface area contributed by atoms with Crippen LogP contribution in [0.2, 0.25) is 5.02 Å². The first-order chi connectivity index (χ1) is 13.4. The third-order valence-electron chi connectivity index (χ3n) is 4.42. The van der Waals surface area contributed by atoms with E-state index in [2.05, 4.69) is 10.6 Å². The molecule has 0 aliphatic heterocycles. The minimum atomic E-state index is -0.352. The predicted molar refractivity (Wildman–Crippen MR) is 114 cm³/mol. The van der Waals surface area contributed by atoms with Gasteiger partial charge in [0, 0.05) is 10.7 Å². The minimum Gasteiger partial charge on any atom is -0.459 e. The quantitative estimate of drug-likeness (QED) is 0.522. The number of rotatable bonds is 6. The lowest BCUT2D eigenvalue weighted by atomic mass is 10.0. The Morgan fingerprint density at radius 3 is 2.54 bits per heavy atom. The molecule has 28 heavy (non-hydrogen) atoms. The van der Waals surface area contributed by atoms with E-state index < -0.39 is 0 Å². The predicted octanol–water partition coefficient (Wildman–Crippen LogP) is 5.93. The largest absolute Gasteiger partial charge is 0.459 e. The molecular weight excluding hydrogens is 396 g/mol.